The van der Waals surface area contributed by atoms with Gasteiger partial charge >= 0.3 is 0 Å². The standard InChI is InChI=1S/C10H12BrNO3/c1-12-10(13)6-4-5-7(11)9(15-3)8(6)14-2/h4-5H,1-3H3,(H,12,13). The van der Waals surface area contributed by atoms with E-state index in [0.717, 1.165) is 4.47 Å². The van der Waals surface area contributed by atoms with Crippen molar-refractivity contribution in [2.24, 2.45) is 0 Å². The van der Waals surface area contributed by atoms with Gasteiger partial charge in [0.25, 0.3) is 5.91 Å². The lowest BCUT2D eigenvalue weighted by molar-refractivity contribution is 0.0959. The van der Waals surface area contributed by atoms with E-state index in [9.17, 15) is 4.79 Å². The van der Waals surface area contributed by atoms with E-state index < -0.39 is 0 Å². The maximum Gasteiger partial charge on any atom is 0.254 e. The van der Waals surface area contributed by atoms with Gasteiger partial charge in [-0.3, -0.25) is 4.79 Å². The zero-order valence-electron chi connectivity index (χ0n) is 8.76. The quantitative estimate of drug-likeness (QED) is 0.914. The van der Waals surface area contributed by atoms with Crippen molar-refractivity contribution in [2.45, 2.75) is 0 Å². The molecule has 1 amide bonds. The smallest absolute Gasteiger partial charge is 0.254 e. The molecule has 82 valence electrons. The number of amides is 1. The SMILES string of the molecule is CNC(=O)c1ccc(Br)c(OC)c1OC. The molecule has 0 aliphatic heterocycles. The van der Waals surface area contributed by atoms with Crippen LogP contribution in [-0.4, -0.2) is 27.2 Å². The van der Waals surface area contributed by atoms with E-state index in [2.05, 4.69) is 21.2 Å². The summed E-state index contributed by atoms with van der Waals surface area (Å²) in [5, 5.41) is 2.54. The second kappa shape index (κ2) is 5.02. The van der Waals surface area contributed by atoms with Crippen molar-refractivity contribution in [3.8, 4) is 11.5 Å². The maximum absolute atomic E-state index is 11.5. The van der Waals surface area contributed by atoms with Gasteiger partial charge in [0.15, 0.2) is 11.5 Å². The summed E-state index contributed by atoms with van der Waals surface area (Å²) in [7, 11) is 4.59. The minimum atomic E-state index is -0.211. The number of nitrogens with one attached hydrogen (secondary N) is 1. The van der Waals surface area contributed by atoms with Crippen LogP contribution < -0.4 is 14.8 Å². The van der Waals surface area contributed by atoms with Gasteiger partial charge in [-0.15, -0.1) is 0 Å². The first-order valence-electron chi connectivity index (χ1n) is 4.28. The molecule has 0 atom stereocenters. The number of hydrogen-bond acceptors (Lipinski definition) is 3. The van der Waals surface area contributed by atoms with Gasteiger partial charge in [-0.25, -0.2) is 0 Å². The Labute approximate surface area is 96.7 Å². The number of halogens is 1. The Balaban J connectivity index is 3.35. The Morgan fingerprint density at radius 2 is 1.87 bits per heavy atom. The molecule has 0 aliphatic rings. The lowest BCUT2D eigenvalue weighted by Crippen LogP contribution is -2.18. The van der Waals surface area contributed by atoms with E-state index in [1.54, 1.807) is 19.2 Å². The van der Waals surface area contributed by atoms with Crippen LogP contribution in [0.4, 0.5) is 0 Å². The second-order valence-corrected chi connectivity index (χ2v) is 3.59. The molecule has 0 aromatic heterocycles. The predicted octanol–water partition coefficient (Wildman–Crippen LogP) is 1.83. The van der Waals surface area contributed by atoms with Crippen LogP contribution >= 0.6 is 15.9 Å². The molecule has 1 aromatic carbocycles. The summed E-state index contributed by atoms with van der Waals surface area (Å²) < 4.78 is 11.1. The fourth-order valence-electron chi connectivity index (χ4n) is 1.24. The highest BCUT2D eigenvalue weighted by molar-refractivity contribution is 9.10. The van der Waals surface area contributed by atoms with Crippen LogP contribution in [0.5, 0.6) is 11.5 Å². The highest BCUT2D eigenvalue weighted by Crippen LogP contribution is 2.37. The molecule has 4 nitrogen and oxygen atoms in total. The van der Waals surface area contributed by atoms with Gasteiger partial charge in [-0.1, -0.05) is 0 Å². The minimum Gasteiger partial charge on any atom is -0.492 e. The van der Waals surface area contributed by atoms with Crippen molar-refractivity contribution in [3.63, 3.8) is 0 Å². The Kier molecular flexibility index (Phi) is 3.96. The third-order valence-electron chi connectivity index (χ3n) is 1.94. The van der Waals surface area contributed by atoms with Crippen LogP contribution in [0.25, 0.3) is 0 Å². The van der Waals surface area contributed by atoms with Crippen molar-refractivity contribution >= 4 is 21.8 Å². The van der Waals surface area contributed by atoms with Gasteiger partial charge in [0.2, 0.25) is 0 Å². The third-order valence-corrected chi connectivity index (χ3v) is 2.57. The number of benzene rings is 1. The van der Waals surface area contributed by atoms with Crippen molar-refractivity contribution < 1.29 is 14.3 Å². The summed E-state index contributed by atoms with van der Waals surface area (Å²) in [6, 6.07) is 3.41. The maximum atomic E-state index is 11.5. The van der Waals surface area contributed by atoms with Crippen LogP contribution in [0, 0.1) is 0 Å². The summed E-state index contributed by atoms with van der Waals surface area (Å²) in [6.45, 7) is 0. The summed E-state index contributed by atoms with van der Waals surface area (Å²) in [5.74, 6) is 0.725. The Morgan fingerprint density at radius 3 is 2.33 bits per heavy atom. The summed E-state index contributed by atoms with van der Waals surface area (Å²) in [6.07, 6.45) is 0. The van der Waals surface area contributed by atoms with Gasteiger partial charge in [0.1, 0.15) is 0 Å². The van der Waals surface area contributed by atoms with Gasteiger partial charge in [-0.2, -0.15) is 0 Å². The first-order chi connectivity index (χ1) is 7.15. The topological polar surface area (TPSA) is 47.6 Å². The van der Waals surface area contributed by atoms with E-state index in [1.165, 1.54) is 14.2 Å². The number of ether oxygens (including phenoxy) is 2. The number of rotatable bonds is 3. The van der Waals surface area contributed by atoms with Gasteiger partial charge in [-0.05, 0) is 28.1 Å². The second-order valence-electron chi connectivity index (χ2n) is 2.74. The highest BCUT2D eigenvalue weighted by atomic mass is 79.9. The molecule has 0 unspecified atom stereocenters. The summed E-state index contributed by atoms with van der Waals surface area (Å²) >= 11 is 3.32. The van der Waals surface area contributed by atoms with Crippen LogP contribution in [0.3, 0.4) is 0 Å². The van der Waals surface area contributed by atoms with Crippen molar-refractivity contribution in [1.82, 2.24) is 5.32 Å². The number of methoxy groups -OCH3 is 2. The average molecular weight is 274 g/mol. The van der Waals surface area contributed by atoms with E-state index in [1.807, 2.05) is 0 Å². The molecule has 0 radical (unpaired) electrons. The van der Waals surface area contributed by atoms with Gasteiger partial charge in [0, 0.05) is 7.05 Å². The normalized spacial score (nSPS) is 9.60. The molecule has 0 saturated heterocycles. The van der Waals surface area contributed by atoms with Crippen LogP contribution in [-0.2, 0) is 0 Å². The first kappa shape index (κ1) is 11.8. The van der Waals surface area contributed by atoms with E-state index in [-0.39, 0.29) is 5.91 Å². The molecule has 0 fully saturated rings. The van der Waals surface area contributed by atoms with Crippen LogP contribution in [0.15, 0.2) is 16.6 Å². The van der Waals surface area contributed by atoms with Crippen LogP contribution in [0.1, 0.15) is 10.4 Å². The Bertz CT molecular complexity index is 379. The highest BCUT2D eigenvalue weighted by Gasteiger charge is 2.17. The lowest BCUT2D eigenvalue weighted by atomic mass is 10.1. The zero-order valence-corrected chi connectivity index (χ0v) is 10.3. The zero-order chi connectivity index (χ0) is 11.4. The Hall–Kier alpha value is -1.23. The number of carbonyl (C=O) groups is 1. The minimum absolute atomic E-state index is 0.211. The van der Waals surface area contributed by atoms with E-state index in [0.29, 0.717) is 17.1 Å². The van der Waals surface area contributed by atoms with Gasteiger partial charge in [0.05, 0.1) is 24.3 Å². The fourth-order valence-corrected chi connectivity index (χ4v) is 1.72. The molecule has 0 heterocycles. The largest absolute Gasteiger partial charge is 0.492 e. The molecule has 1 aromatic rings. The van der Waals surface area contributed by atoms with Crippen LogP contribution in [0.2, 0.25) is 0 Å². The Morgan fingerprint density at radius 1 is 1.27 bits per heavy atom. The molecule has 15 heavy (non-hydrogen) atoms. The molecule has 0 aliphatic carbocycles. The first-order valence-corrected chi connectivity index (χ1v) is 5.07. The number of hydrogen-bond donors (Lipinski definition) is 1. The van der Waals surface area contributed by atoms with E-state index in [4.69, 9.17) is 9.47 Å². The molecular weight excluding hydrogens is 262 g/mol. The molecule has 5 heteroatoms. The van der Waals surface area contributed by atoms with E-state index >= 15 is 0 Å². The molecule has 1 N–H and O–H groups in total. The van der Waals surface area contributed by atoms with Crippen molar-refractivity contribution in [1.29, 1.82) is 0 Å². The van der Waals surface area contributed by atoms with Crippen molar-refractivity contribution in [3.05, 3.63) is 22.2 Å². The van der Waals surface area contributed by atoms with Crippen molar-refractivity contribution in [2.75, 3.05) is 21.3 Å². The van der Waals surface area contributed by atoms with Gasteiger partial charge < -0.3 is 14.8 Å². The molecule has 0 bridgehead atoms. The monoisotopic (exact) mass is 273 g/mol. The third kappa shape index (κ3) is 2.23. The molecule has 0 spiro atoms. The molecular formula is C10H12BrNO3. The fraction of sp³-hybridized carbons (Fsp3) is 0.300. The summed E-state index contributed by atoms with van der Waals surface area (Å²) in [5.41, 5.74) is 0.444. The summed E-state index contributed by atoms with van der Waals surface area (Å²) in [4.78, 5) is 11.5. The molecule has 1 rings (SSSR count). The molecule has 0 saturated carbocycles. The average Bonchev–Trinajstić information content (AvgIpc) is 2.27. The predicted molar refractivity (Wildman–Crippen MR) is 60.6 cm³/mol. The lowest BCUT2D eigenvalue weighted by Gasteiger charge is -2.12. The number of carbonyl (C=O) groups excluding carboxylic acids is 1.